The zero-order valence-corrected chi connectivity index (χ0v) is 18.3. The average Bonchev–Trinajstić information content (AvgIpc) is 3.27. The van der Waals surface area contributed by atoms with Crippen LogP contribution in [0.3, 0.4) is 0 Å². The number of fused-ring (bicyclic) bond motifs is 1. The fourth-order valence-corrected chi connectivity index (χ4v) is 5.02. The first-order chi connectivity index (χ1) is 15.3. The average molecular weight is 421 g/mol. The van der Waals surface area contributed by atoms with Crippen molar-refractivity contribution < 1.29 is 9.47 Å². The van der Waals surface area contributed by atoms with Crippen LogP contribution in [0.2, 0.25) is 0 Å². The van der Waals surface area contributed by atoms with Crippen molar-refractivity contribution in [2.75, 3.05) is 53.0 Å². The normalized spacial score (nSPS) is 20.9. The Bertz CT molecular complexity index is 1010. The summed E-state index contributed by atoms with van der Waals surface area (Å²) in [5, 5.41) is 10.0. The zero-order valence-electron chi connectivity index (χ0n) is 18.3. The van der Waals surface area contributed by atoms with Crippen LogP contribution in [0.1, 0.15) is 18.4 Å². The first-order valence-corrected chi connectivity index (χ1v) is 11.4. The second-order valence-corrected chi connectivity index (χ2v) is 8.85. The van der Waals surface area contributed by atoms with E-state index in [0.717, 1.165) is 50.2 Å². The van der Waals surface area contributed by atoms with E-state index in [2.05, 4.69) is 50.3 Å². The van der Waals surface area contributed by atoms with Gasteiger partial charge in [0.05, 0.1) is 32.2 Å². The van der Waals surface area contributed by atoms with Gasteiger partial charge in [0.1, 0.15) is 5.75 Å². The topological polar surface area (TPSA) is 53.6 Å². The summed E-state index contributed by atoms with van der Waals surface area (Å²) >= 11 is 0. The van der Waals surface area contributed by atoms with E-state index in [0.29, 0.717) is 0 Å². The number of hydrogen-bond acceptors (Lipinski definition) is 5. The minimum atomic E-state index is 0.748. The van der Waals surface area contributed by atoms with E-state index < -0.39 is 0 Å². The third-order valence-electron chi connectivity index (χ3n) is 6.67. The van der Waals surface area contributed by atoms with Crippen molar-refractivity contribution in [3.05, 3.63) is 48.2 Å². The van der Waals surface area contributed by atoms with Gasteiger partial charge in [0.25, 0.3) is 0 Å². The molecule has 2 aliphatic heterocycles. The second kappa shape index (κ2) is 9.39. The molecule has 0 aliphatic carbocycles. The molecule has 1 atom stereocenters. The molecule has 2 fully saturated rings. The third kappa shape index (κ3) is 4.76. The van der Waals surface area contributed by atoms with Gasteiger partial charge >= 0.3 is 0 Å². The van der Waals surface area contributed by atoms with Crippen molar-refractivity contribution in [3.63, 3.8) is 0 Å². The highest BCUT2D eigenvalue weighted by atomic mass is 16.5. The number of rotatable bonds is 6. The lowest BCUT2D eigenvalue weighted by atomic mass is 9.96. The number of aromatic amines is 1. The molecule has 2 saturated heterocycles. The van der Waals surface area contributed by atoms with Crippen LogP contribution in [0.4, 0.5) is 0 Å². The monoisotopic (exact) mass is 420 g/mol. The highest BCUT2D eigenvalue weighted by molar-refractivity contribution is 5.88. The number of piperidine rings is 1. The van der Waals surface area contributed by atoms with E-state index in [-0.39, 0.29) is 0 Å². The Balaban J connectivity index is 1.28. The maximum Gasteiger partial charge on any atom is 0.119 e. The van der Waals surface area contributed by atoms with Crippen LogP contribution in [0, 0.1) is 5.92 Å². The number of methoxy groups -OCH3 is 1. The minimum Gasteiger partial charge on any atom is -0.497 e. The number of benzene rings is 2. The Hall–Kier alpha value is -2.41. The van der Waals surface area contributed by atoms with Crippen molar-refractivity contribution in [3.8, 4) is 17.0 Å². The van der Waals surface area contributed by atoms with E-state index in [1.807, 2.05) is 12.3 Å². The highest BCUT2D eigenvalue weighted by Gasteiger charge is 2.24. The minimum absolute atomic E-state index is 0.748. The van der Waals surface area contributed by atoms with Crippen LogP contribution in [-0.4, -0.2) is 73.0 Å². The predicted octanol–water partition coefficient (Wildman–Crippen LogP) is 3.78. The van der Waals surface area contributed by atoms with E-state index in [1.54, 1.807) is 7.11 Å². The molecule has 0 saturated carbocycles. The molecule has 1 aromatic heterocycles. The summed E-state index contributed by atoms with van der Waals surface area (Å²) in [7, 11) is 1.71. The summed E-state index contributed by atoms with van der Waals surface area (Å²) in [6, 6.07) is 12.8. The lowest BCUT2D eigenvalue weighted by Crippen LogP contribution is -2.44. The molecule has 2 aromatic carbocycles. The van der Waals surface area contributed by atoms with Gasteiger partial charge in [0.15, 0.2) is 0 Å². The molecule has 0 spiro atoms. The quantitative estimate of drug-likeness (QED) is 0.658. The molecule has 3 aromatic rings. The summed E-state index contributed by atoms with van der Waals surface area (Å²) in [5.74, 6) is 1.64. The predicted molar refractivity (Wildman–Crippen MR) is 123 cm³/mol. The third-order valence-corrected chi connectivity index (χ3v) is 6.67. The second-order valence-electron chi connectivity index (χ2n) is 8.85. The van der Waals surface area contributed by atoms with Crippen molar-refractivity contribution in [2.45, 2.75) is 19.4 Å². The van der Waals surface area contributed by atoms with Crippen molar-refractivity contribution in [1.29, 1.82) is 0 Å². The molecule has 0 amide bonds. The van der Waals surface area contributed by atoms with Crippen molar-refractivity contribution in [2.24, 2.45) is 5.92 Å². The molecular weight excluding hydrogens is 388 g/mol. The van der Waals surface area contributed by atoms with Gasteiger partial charge in [0, 0.05) is 43.9 Å². The van der Waals surface area contributed by atoms with Crippen LogP contribution in [0.5, 0.6) is 5.75 Å². The first kappa shape index (κ1) is 20.5. The maximum absolute atomic E-state index is 5.50. The molecule has 31 heavy (non-hydrogen) atoms. The van der Waals surface area contributed by atoms with Crippen LogP contribution in [0.15, 0.2) is 42.6 Å². The van der Waals surface area contributed by atoms with E-state index >= 15 is 0 Å². The zero-order chi connectivity index (χ0) is 21.0. The van der Waals surface area contributed by atoms with E-state index in [1.165, 1.54) is 54.4 Å². The Morgan fingerprint density at radius 2 is 1.90 bits per heavy atom. The van der Waals surface area contributed by atoms with Gasteiger partial charge in [0.2, 0.25) is 0 Å². The fourth-order valence-electron chi connectivity index (χ4n) is 5.02. The fraction of sp³-hybridized carbons (Fsp3) is 0.480. The number of nitrogens with one attached hydrogen (secondary N) is 1. The summed E-state index contributed by atoms with van der Waals surface area (Å²) in [6.45, 7) is 8.41. The molecule has 6 heteroatoms. The molecule has 0 bridgehead atoms. The summed E-state index contributed by atoms with van der Waals surface area (Å²) in [5.41, 5.74) is 3.60. The van der Waals surface area contributed by atoms with Crippen molar-refractivity contribution in [1.82, 2.24) is 20.0 Å². The lowest BCUT2D eigenvalue weighted by molar-refractivity contribution is 0.0224. The number of hydrogen-bond donors (Lipinski definition) is 1. The van der Waals surface area contributed by atoms with Gasteiger partial charge < -0.3 is 9.47 Å². The number of H-pyrrole nitrogens is 1. The van der Waals surface area contributed by atoms with Gasteiger partial charge in [-0.05, 0) is 54.3 Å². The van der Waals surface area contributed by atoms with Crippen LogP contribution in [0.25, 0.3) is 22.0 Å². The molecule has 1 N–H and O–H groups in total. The van der Waals surface area contributed by atoms with Gasteiger partial charge in [-0.1, -0.05) is 18.2 Å². The standard InChI is InChI=1S/C25H32N4O2/c1-30-24-7-6-20-13-22(5-4-21(20)14-24)25-23(15-26-27-25)18-29-8-2-3-19(17-29)16-28-9-11-31-12-10-28/h4-7,13-15,19H,2-3,8-12,16-18H2,1H3,(H,26,27). The molecule has 6 nitrogen and oxygen atoms in total. The van der Waals surface area contributed by atoms with Gasteiger partial charge in [-0.2, -0.15) is 5.10 Å². The van der Waals surface area contributed by atoms with Gasteiger partial charge in [-0.3, -0.25) is 14.9 Å². The molecular formula is C25H32N4O2. The number of ether oxygens (including phenoxy) is 2. The SMILES string of the molecule is COc1ccc2cc(-c3[nH]ncc3CN3CCCC(CN4CCOCC4)C3)ccc2c1. The van der Waals surface area contributed by atoms with Crippen LogP contribution in [-0.2, 0) is 11.3 Å². The largest absolute Gasteiger partial charge is 0.497 e. The molecule has 5 rings (SSSR count). The number of aromatic nitrogens is 2. The Morgan fingerprint density at radius 1 is 1.06 bits per heavy atom. The highest BCUT2D eigenvalue weighted by Crippen LogP contribution is 2.29. The van der Waals surface area contributed by atoms with Gasteiger partial charge in [-0.25, -0.2) is 0 Å². The molecule has 2 aliphatic rings. The molecule has 1 unspecified atom stereocenters. The van der Waals surface area contributed by atoms with Gasteiger partial charge in [-0.15, -0.1) is 0 Å². The van der Waals surface area contributed by atoms with E-state index in [9.17, 15) is 0 Å². The molecule has 3 heterocycles. The van der Waals surface area contributed by atoms with E-state index in [4.69, 9.17) is 9.47 Å². The Kier molecular flexibility index (Phi) is 6.20. The maximum atomic E-state index is 5.50. The Labute approximate surface area is 184 Å². The first-order valence-electron chi connectivity index (χ1n) is 11.4. The van der Waals surface area contributed by atoms with Crippen molar-refractivity contribution >= 4 is 10.8 Å². The summed E-state index contributed by atoms with van der Waals surface area (Å²) in [6.07, 6.45) is 4.61. The number of nitrogens with zero attached hydrogens (tertiary/aromatic N) is 3. The summed E-state index contributed by atoms with van der Waals surface area (Å²) in [4.78, 5) is 5.18. The van der Waals surface area contributed by atoms with Crippen LogP contribution >= 0.6 is 0 Å². The number of likely N-dealkylation sites (tertiary alicyclic amines) is 1. The smallest absolute Gasteiger partial charge is 0.119 e. The lowest BCUT2D eigenvalue weighted by Gasteiger charge is -2.36. The Morgan fingerprint density at radius 3 is 2.77 bits per heavy atom. The van der Waals surface area contributed by atoms with Crippen LogP contribution < -0.4 is 4.74 Å². The number of morpholine rings is 1. The summed E-state index contributed by atoms with van der Waals surface area (Å²) < 4.78 is 10.9. The molecule has 0 radical (unpaired) electrons. The molecule has 164 valence electrons.